The van der Waals surface area contributed by atoms with E-state index in [9.17, 15) is 9.59 Å². The van der Waals surface area contributed by atoms with Gasteiger partial charge in [0.1, 0.15) is 11.6 Å². The fourth-order valence-electron chi connectivity index (χ4n) is 4.41. The molecule has 8 nitrogen and oxygen atoms in total. The van der Waals surface area contributed by atoms with Gasteiger partial charge in [0.2, 0.25) is 5.91 Å². The van der Waals surface area contributed by atoms with Gasteiger partial charge in [0.05, 0.1) is 19.0 Å². The van der Waals surface area contributed by atoms with Crippen LogP contribution in [-0.2, 0) is 4.79 Å². The van der Waals surface area contributed by atoms with Gasteiger partial charge in [0.15, 0.2) is 6.29 Å². The van der Waals surface area contributed by atoms with Gasteiger partial charge in [-0.2, -0.15) is 16.9 Å². The first-order valence-electron chi connectivity index (χ1n) is 13.2. The average molecular weight is 550 g/mol. The van der Waals surface area contributed by atoms with Crippen LogP contribution < -0.4 is 10.5 Å². The van der Waals surface area contributed by atoms with E-state index in [-0.39, 0.29) is 12.3 Å². The Morgan fingerprint density at radius 3 is 2.51 bits per heavy atom. The van der Waals surface area contributed by atoms with E-state index in [1.165, 1.54) is 0 Å². The van der Waals surface area contributed by atoms with Crippen LogP contribution in [0.2, 0.25) is 0 Å². The number of hydrazone groups is 1. The molecule has 0 aromatic heterocycles. The number of aliphatic imine (C=N–C) groups is 1. The lowest BCUT2D eigenvalue weighted by molar-refractivity contribution is -0.127. The van der Waals surface area contributed by atoms with Crippen molar-refractivity contribution in [3.8, 4) is 16.9 Å². The second-order valence-electron chi connectivity index (χ2n) is 9.43. The highest BCUT2D eigenvalue weighted by molar-refractivity contribution is 7.98. The number of amidine groups is 1. The summed E-state index contributed by atoms with van der Waals surface area (Å²) in [6, 6.07) is 9.46. The fraction of sp³-hybridized carbons (Fsp3) is 0.400. The van der Waals surface area contributed by atoms with Gasteiger partial charge in [0.25, 0.3) is 0 Å². The minimum absolute atomic E-state index is 0.0216. The molecule has 3 rings (SSSR count). The number of aldehydes is 1. The number of hydrogen-bond donors (Lipinski definition) is 1. The normalized spacial score (nSPS) is 12.8. The van der Waals surface area contributed by atoms with Crippen LogP contribution in [0, 0.1) is 0 Å². The van der Waals surface area contributed by atoms with Crippen molar-refractivity contribution in [2.24, 2.45) is 15.8 Å². The van der Waals surface area contributed by atoms with E-state index >= 15 is 0 Å². The van der Waals surface area contributed by atoms with E-state index in [4.69, 9.17) is 10.5 Å². The van der Waals surface area contributed by atoms with Gasteiger partial charge in [0, 0.05) is 61.1 Å². The maximum atomic E-state index is 13.4. The summed E-state index contributed by atoms with van der Waals surface area (Å²) in [7, 11) is 3.51. The van der Waals surface area contributed by atoms with Crippen molar-refractivity contribution in [1.82, 2.24) is 9.91 Å². The number of nitrogens with two attached hydrogens (primary N) is 1. The maximum absolute atomic E-state index is 13.4. The molecule has 2 aromatic carbocycles. The van der Waals surface area contributed by atoms with Crippen molar-refractivity contribution in [3.05, 3.63) is 52.6 Å². The smallest absolute Gasteiger partial charge is 0.250 e. The molecule has 0 radical (unpaired) electrons. The highest BCUT2D eigenvalue weighted by Gasteiger charge is 2.23. The third-order valence-corrected chi connectivity index (χ3v) is 6.99. The van der Waals surface area contributed by atoms with E-state index in [0.717, 1.165) is 53.7 Å². The molecule has 0 spiro atoms. The van der Waals surface area contributed by atoms with Gasteiger partial charge in [-0.25, -0.2) is 4.99 Å². The molecule has 0 bridgehead atoms. The largest absolute Gasteiger partial charge is 0.496 e. The summed E-state index contributed by atoms with van der Waals surface area (Å²) >= 11 is 1.75. The van der Waals surface area contributed by atoms with Crippen LogP contribution in [0.5, 0.6) is 5.75 Å². The Bertz CT molecular complexity index is 1270. The monoisotopic (exact) mass is 549 g/mol. The topological polar surface area (TPSA) is 101 Å². The number of carbonyl (C=O) groups excluding carboxylic acids is 2. The molecule has 1 heterocycles. The van der Waals surface area contributed by atoms with Gasteiger partial charge < -0.3 is 15.4 Å². The zero-order chi connectivity index (χ0) is 28.4. The number of nitrogens with zero attached hydrogens (tertiary/aromatic N) is 4. The zero-order valence-corrected chi connectivity index (χ0v) is 24.4. The Balaban J connectivity index is 2.05. The van der Waals surface area contributed by atoms with E-state index in [0.29, 0.717) is 41.5 Å². The molecule has 0 aliphatic carbocycles. The lowest BCUT2D eigenvalue weighted by Gasteiger charge is -2.22. The number of carbonyl (C=O) groups is 2. The highest BCUT2D eigenvalue weighted by atomic mass is 32.2. The number of rotatable bonds is 13. The lowest BCUT2D eigenvalue weighted by atomic mass is 9.97. The van der Waals surface area contributed by atoms with Gasteiger partial charge in [-0.05, 0) is 54.5 Å². The van der Waals surface area contributed by atoms with Crippen molar-refractivity contribution in [2.75, 3.05) is 45.8 Å². The van der Waals surface area contributed by atoms with Crippen LogP contribution in [0.25, 0.3) is 17.2 Å². The molecule has 39 heavy (non-hydrogen) atoms. The van der Waals surface area contributed by atoms with Crippen LogP contribution in [0.4, 0.5) is 5.69 Å². The first kappa shape index (κ1) is 30.0. The van der Waals surface area contributed by atoms with E-state index in [2.05, 4.69) is 30.2 Å². The first-order chi connectivity index (χ1) is 18.8. The van der Waals surface area contributed by atoms with Crippen LogP contribution in [0.15, 0.2) is 46.0 Å². The standard InChI is InChI=1S/C30H39N5O3S/c1-6-10-35(11-7-2)30(37)24-15-26-27(33-29(31)18-24)16-23(17-28(26)38-4)21-8-9-22(20-36)25(14-21)19-32-34(3)12-13-39-5/h8-9,14-17,19-20H,6-7,10-13,18H2,1-5H3,(H2,31,33)/b32-19-. The molecule has 1 amide bonds. The highest BCUT2D eigenvalue weighted by Crippen LogP contribution is 2.39. The summed E-state index contributed by atoms with van der Waals surface area (Å²) in [5.74, 6) is 1.91. The SMILES string of the molecule is CCCN(CCC)C(=O)C1=Cc2c(cc(-c3ccc(C=O)c(/C=N\N(C)CCSC)c3)cc2OC)N=C(N)C1. The summed E-state index contributed by atoms with van der Waals surface area (Å²) in [6.45, 7) is 6.33. The van der Waals surface area contributed by atoms with Gasteiger partial charge in [-0.15, -0.1) is 0 Å². The molecule has 0 saturated heterocycles. The van der Waals surface area contributed by atoms with E-state index in [1.54, 1.807) is 31.2 Å². The molecule has 2 N–H and O–H groups in total. The number of hydrogen-bond acceptors (Lipinski definition) is 8. The quantitative estimate of drug-likeness (QED) is 0.209. The number of methoxy groups -OCH3 is 1. The second kappa shape index (κ2) is 14.5. The van der Waals surface area contributed by atoms with Crippen molar-refractivity contribution in [2.45, 2.75) is 33.1 Å². The predicted octanol–water partition coefficient (Wildman–Crippen LogP) is 5.23. The van der Waals surface area contributed by atoms with Gasteiger partial charge in [-0.3, -0.25) is 14.6 Å². The molecule has 9 heteroatoms. The molecule has 208 valence electrons. The maximum Gasteiger partial charge on any atom is 0.250 e. The van der Waals surface area contributed by atoms with E-state index in [1.807, 2.05) is 47.3 Å². The predicted molar refractivity (Wildman–Crippen MR) is 163 cm³/mol. The Kier molecular flexibility index (Phi) is 11.2. The molecule has 0 fully saturated rings. The zero-order valence-electron chi connectivity index (χ0n) is 23.6. The summed E-state index contributed by atoms with van der Waals surface area (Å²) in [5.41, 5.74) is 11.3. The Labute approximate surface area is 236 Å². The summed E-state index contributed by atoms with van der Waals surface area (Å²) in [4.78, 5) is 31.6. The van der Waals surface area contributed by atoms with Gasteiger partial charge in [-0.1, -0.05) is 26.0 Å². The van der Waals surface area contributed by atoms with Crippen molar-refractivity contribution >= 4 is 47.8 Å². The van der Waals surface area contributed by atoms with Crippen LogP contribution in [0.3, 0.4) is 0 Å². The Morgan fingerprint density at radius 2 is 1.87 bits per heavy atom. The van der Waals surface area contributed by atoms with Gasteiger partial charge >= 0.3 is 0 Å². The lowest BCUT2D eigenvalue weighted by Crippen LogP contribution is -2.34. The average Bonchev–Trinajstić information content (AvgIpc) is 3.11. The van der Waals surface area contributed by atoms with Crippen molar-refractivity contribution in [1.29, 1.82) is 0 Å². The number of fused-ring (bicyclic) bond motifs is 1. The number of thioether (sulfide) groups is 1. The minimum atomic E-state index is -0.0216. The Hall–Kier alpha value is -3.59. The minimum Gasteiger partial charge on any atom is -0.496 e. The van der Waals surface area contributed by atoms with Crippen LogP contribution >= 0.6 is 11.8 Å². The number of benzene rings is 2. The first-order valence-corrected chi connectivity index (χ1v) is 14.6. The third kappa shape index (κ3) is 7.72. The molecule has 0 unspecified atom stereocenters. The summed E-state index contributed by atoms with van der Waals surface area (Å²) < 4.78 is 5.77. The van der Waals surface area contributed by atoms with E-state index < -0.39 is 0 Å². The molecule has 1 aliphatic rings. The van der Waals surface area contributed by atoms with Crippen LogP contribution in [-0.4, -0.2) is 80.0 Å². The van der Waals surface area contributed by atoms with Crippen molar-refractivity contribution < 1.29 is 14.3 Å². The molecular weight excluding hydrogens is 510 g/mol. The summed E-state index contributed by atoms with van der Waals surface area (Å²) in [6.07, 6.45) is 8.50. The molecule has 2 aromatic rings. The molecule has 0 saturated carbocycles. The van der Waals surface area contributed by atoms with Crippen molar-refractivity contribution in [3.63, 3.8) is 0 Å². The molecule has 1 aliphatic heterocycles. The fourth-order valence-corrected chi connectivity index (χ4v) is 4.86. The number of ether oxygens (including phenoxy) is 1. The number of amides is 1. The van der Waals surface area contributed by atoms with Crippen LogP contribution in [0.1, 0.15) is 54.6 Å². The molecule has 0 atom stereocenters. The summed E-state index contributed by atoms with van der Waals surface area (Å²) in [5, 5.41) is 6.35. The Morgan fingerprint density at radius 1 is 1.13 bits per heavy atom. The third-order valence-electron chi connectivity index (χ3n) is 6.40. The molecular formula is C30H39N5O3S. The second-order valence-corrected chi connectivity index (χ2v) is 10.4.